The lowest BCUT2D eigenvalue weighted by molar-refractivity contribution is -0.122. The minimum Gasteiger partial charge on any atom is -0.369 e. The van der Waals surface area contributed by atoms with E-state index < -0.39 is 0 Å². The Kier molecular flexibility index (Phi) is 5.80. The van der Waals surface area contributed by atoms with Crippen LogP contribution >= 0.6 is 22.6 Å². The van der Waals surface area contributed by atoms with Gasteiger partial charge in [0.2, 0.25) is 5.91 Å². The van der Waals surface area contributed by atoms with Gasteiger partial charge in [-0.25, -0.2) is 0 Å². The molecule has 0 radical (unpaired) electrons. The average molecular weight is 331 g/mol. The number of primary amides is 1. The van der Waals surface area contributed by atoms with Gasteiger partial charge < -0.3 is 5.73 Å². The van der Waals surface area contributed by atoms with Crippen molar-refractivity contribution in [3.8, 4) is 0 Å². The second-order valence-electron chi connectivity index (χ2n) is 4.02. The zero-order chi connectivity index (χ0) is 12.0. The summed E-state index contributed by atoms with van der Waals surface area (Å²) in [6.45, 7) is 2.09. The van der Waals surface area contributed by atoms with E-state index in [4.69, 9.17) is 5.73 Å². The third-order valence-corrected chi connectivity index (χ3v) is 3.81. The van der Waals surface area contributed by atoms with Crippen molar-refractivity contribution in [3.63, 3.8) is 0 Å². The van der Waals surface area contributed by atoms with E-state index in [-0.39, 0.29) is 11.8 Å². The lowest BCUT2D eigenvalue weighted by atomic mass is 9.95. The lowest BCUT2D eigenvalue weighted by Gasteiger charge is -2.12. The summed E-state index contributed by atoms with van der Waals surface area (Å²) in [6.07, 6.45) is 3.72. The van der Waals surface area contributed by atoms with Crippen LogP contribution in [0, 0.1) is 9.49 Å². The molecule has 0 aliphatic carbocycles. The maximum Gasteiger partial charge on any atom is 0.220 e. The molecular formula is C13H18INO. The first-order chi connectivity index (χ1) is 7.65. The van der Waals surface area contributed by atoms with Gasteiger partial charge in [-0.1, -0.05) is 31.5 Å². The molecule has 0 saturated carbocycles. The number of aryl methyl sites for hydroxylation is 1. The summed E-state index contributed by atoms with van der Waals surface area (Å²) in [5, 5.41) is 0. The monoisotopic (exact) mass is 331 g/mol. The van der Waals surface area contributed by atoms with E-state index in [2.05, 4.69) is 41.6 Å². The molecule has 1 rings (SSSR count). The van der Waals surface area contributed by atoms with Gasteiger partial charge in [-0.15, -0.1) is 0 Å². The molecule has 0 aromatic heterocycles. The molecule has 0 aliphatic rings. The summed E-state index contributed by atoms with van der Waals surface area (Å²) < 4.78 is 1.26. The Balaban J connectivity index is 2.55. The van der Waals surface area contributed by atoms with Gasteiger partial charge in [0.15, 0.2) is 0 Å². The number of hydrogen-bond donors (Lipinski definition) is 1. The predicted molar refractivity (Wildman–Crippen MR) is 75.1 cm³/mol. The summed E-state index contributed by atoms with van der Waals surface area (Å²) >= 11 is 2.33. The first kappa shape index (κ1) is 13.5. The van der Waals surface area contributed by atoms with Crippen LogP contribution in [0.2, 0.25) is 0 Å². The van der Waals surface area contributed by atoms with Crippen LogP contribution in [0.4, 0.5) is 0 Å². The van der Waals surface area contributed by atoms with Crippen LogP contribution in [0.15, 0.2) is 24.3 Å². The van der Waals surface area contributed by atoms with E-state index in [1.54, 1.807) is 0 Å². The van der Waals surface area contributed by atoms with Crippen molar-refractivity contribution in [1.29, 1.82) is 0 Å². The number of halogens is 1. The molecule has 0 bridgehead atoms. The molecule has 1 atom stereocenters. The van der Waals surface area contributed by atoms with E-state index in [1.165, 1.54) is 9.13 Å². The molecule has 1 amide bonds. The summed E-state index contributed by atoms with van der Waals surface area (Å²) in [5.74, 6) is -0.131. The average Bonchev–Trinajstić information content (AvgIpc) is 2.26. The van der Waals surface area contributed by atoms with E-state index in [0.29, 0.717) is 0 Å². The van der Waals surface area contributed by atoms with Crippen LogP contribution in [-0.4, -0.2) is 5.91 Å². The Morgan fingerprint density at radius 3 is 2.62 bits per heavy atom. The molecule has 0 saturated heterocycles. The van der Waals surface area contributed by atoms with Gasteiger partial charge in [-0.2, -0.15) is 0 Å². The quantitative estimate of drug-likeness (QED) is 0.800. The van der Waals surface area contributed by atoms with Crippen molar-refractivity contribution in [2.24, 2.45) is 11.7 Å². The Bertz CT molecular complexity index is 352. The summed E-state index contributed by atoms with van der Waals surface area (Å²) in [5.41, 5.74) is 6.69. The van der Waals surface area contributed by atoms with E-state index in [1.807, 2.05) is 12.1 Å². The van der Waals surface area contributed by atoms with Gasteiger partial charge in [0.25, 0.3) is 0 Å². The zero-order valence-corrected chi connectivity index (χ0v) is 11.7. The molecular weight excluding hydrogens is 313 g/mol. The van der Waals surface area contributed by atoms with Crippen molar-refractivity contribution >= 4 is 28.5 Å². The Hall–Kier alpha value is -0.580. The summed E-state index contributed by atoms with van der Waals surface area (Å²) in [6, 6.07) is 8.28. The zero-order valence-electron chi connectivity index (χ0n) is 9.58. The van der Waals surface area contributed by atoms with E-state index in [9.17, 15) is 4.79 Å². The maximum atomic E-state index is 11.2. The number of nitrogens with two attached hydrogens (primary N) is 1. The summed E-state index contributed by atoms with van der Waals surface area (Å²) in [7, 11) is 0. The topological polar surface area (TPSA) is 43.1 Å². The molecule has 16 heavy (non-hydrogen) atoms. The van der Waals surface area contributed by atoms with Gasteiger partial charge in [0, 0.05) is 9.49 Å². The van der Waals surface area contributed by atoms with Crippen molar-refractivity contribution < 1.29 is 4.79 Å². The highest BCUT2D eigenvalue weighted by atomic mass is 127. The smallest absolute Gasteiger partial charge is 0.220 e. The van der Waals surface area contributed by atoms with Crippen molar-refractivity contribution in [2.75, 3.05) is 0 Å². The molecule has 0 fully saturated rings. The molecule has 88 valence electrons. The SMILES string of the molecule is CCCC(CCc1ccccc1I)C(N)=O. The van der Waals surface area contributed by atoms with Crippen molar-refractivity contribution in [2.45, 2.75) is 32.6 Å². The highest BCUT2D eigenvalue weighted by Gasteiger charge is 2.14. The number of hydrogen-bond acceptors (Lipinski definition) is 1. The fourth-order valence-electron chi connectivity index (χ4n) is 1.81. The minimum atomic E-state index is -0.159. The number of carbonyl (C=O) groups is 1. The Labute approximate surface area is 111 Å². The van der Waals surface area contributed by atoms with Gasteiger partial charge in [0.1, 0.15) is 0 Å². The molecule has 2 nitrogen and oxygen atoms in total. The lowest BCUT2D eigenvalue weighted by Crippen LogP contribution is -2.23. The molecule has 0 spiro atoms. The largest absolute Gasteiger partial charge is 0.369 e. The molecule has 1 unspecified atom stereocenters. The normalized spacial score (nSPS) is 12.4. The fourth-order valence-corrected chi connectivity index (χ4v) is 2.47. The van der Waals surface area contributed by atoms with E-state index in [0.717, 1.165) is 25.7 Å². The van der Waals surface area contributed by atoms with Crippen LogP contribution in [0.25, 0.3) is 0 Å². The highest BCUT2D eigenvalue weighted by Crippen LogP contribution is 2.18. The van der Waals surface area contributed by atoms with Gasteiger partial charge in [-0.3, -0.25) is 4.79 Å². The molecule has 1 aromatic carbocycles. The number of carbonyl (C=O) groups excluding carboxylic acids is 1. The number of amides is 1. The third-order valence-electron chi connectivity index (χ3n) is 2.76. The van der Waals surface area contributed by atoms with Gasteiger partial charge >= 0.3 is 0 Å². The third kappa shape index (κ3) is 4.12. The molecule has 3 heteroatoms. The fraction of sp³-hybridized carbons (Fsp3) is 0.462. The Morgan fingerprint density at radius 2 is 2.06 bits per heavy atom. The van der Waals surface area contributed by atoms with Gasteiger partial charge in [-0.05, 0) is 53.5 Å². The second-order valence-corrected chi connectivity index (χ2v) is 5.18. The first-order valence-electron chi connectivity index (χ1n) is 5.67. The molecule has 0 heterocycles. The van der Waals surface area contributed by atoms with Crippen LogP contribution in [0.5, 0.6) is 0 Å². The molecule has 0 aliphatic heterocycles. The Morgan fingerprint density at radius 1 is 1.38 bits per heavy atom. The van der Waals surface area contributed by atoms with Crippen molar-refractivity contribution in [3.05, 3.63) is 33.4 Å². The molecule has 1 aromatic rings. The minimum absolute atomic E-state index is 0.0287. The standard InChI is InChI=1S/C13H18INO/c1-2-5-11(13(15)16)9-8-10-6-3-4-7-12(10)14/h3-4,6-7,11H,2,5,8-9H2,1H3,(H2,15,16). The second kappa shape index (κ2) is 6.89. The van der Waals surface area contributed by atoms with Crippen molar-refractivity contribution in [1.82, 2.24) is 0 Å². The molecule has 2 N–H and O–H groups in total. The highest BCUT2D eigenvalue weighted by molar-refractivity contribution is 14.1. The van der Waals surface area contributed by atoms with Gasteiger partial charge in [0.05, 0.1) is 0 Å². The van der Waals surface area contributed by atoms with E-state index >= 15 is 0 Å². The van der Waals surface area contributed by atoms with Crippen LogP contribution in [0.1, 0.15) is 31.7 Å². The first-order valence-corrected chi connectivity index (χ1v) is 6.75. The predicted octanol–water partition coefficient (Wildman–Crippen LogP) is 3.13. The number of rotatable bonds is 6. The summed E-state index contributed by atoms with van der Waals surface area (Å²) in [4.78, 5) is 11.2. The number of benzene rings is 1. The maximum absolute atomic E-state index is 11.2. The van der Waals surface area contributed by atoms with Crippen LogP contribution < -0.4 is 5.73 Å². The van der Waals surface area contributed by atoms with Crippen LogP contribution in [-0.2, 0) is 11.2 Å². The van der Waals surface area contributed by atoms with Crippen LogP contribution in [0.3, 0.4) is 0 Å².